The van der Waals surface area contributed by atoms with Gasteiger partial charge < -0.3 is 9.47 Å². The maximum absolute atomic E-state index is 11.4. The van der Waals surface area contributed by atoms with Crippen LogP contribution in [0.25, 0.3) is 0 Å². The van der Waals surface area contributed by atoms with Gasteiger partial charge in [-0.15, -0.1) is 0 Å². The topological polar surface area (TPSA) is 52.6 Å². The Balaban J connectivity index is 2.80. The Morgan fingerprint density at radius 1 is 1.53 bits per heavy atom. The highest BCUT2D eigenvalue weighted by molar-refractivity contribution is 14.1. The zero-order chi connectivity index (χ0) is 12.8. The first-order chi connectivity index (χ1) is 8.08. The molecular weight excluding hydrogens is 335 g/mol. The van der Waals surface area contributed by atoms with Gasteiger partial charge in [0.15, 0.2) is 12.4 Å². The van der Waals surface area contributed by atoms with E-state index in [0.717, 1.165) is 3.57 Å². The quantitative estimate of drug-likeness (QED) is 0.466. The maximum atomic E-state index is 11.4. The molecule has 1 rings (SSSR count). The third-order valence-electron chi connectivity index (χ3n) is 2.02. The van der Waals surface area contributed by atoms with Crippen LogP contribution in [0.3, 0.4) is 0 Å². The summed E-state index contributed by atoms with van der Waals surface area (Å²) in [6.07, 6.45) is -0.0243. The number of hydrogen-bond acceptors (Lipinski definition) is 4. The Morgan fingerprint density at radius 2 is 2.24 bits per heavy atom. The molecule has 1 atom stereocenters. The highest BCUT2D eigenvalue weighted by Crippen LogP contribution is 2.21. The van der Waals surface area contributed by atoms with Gasteiger partial charge in [0, 0.05) is 3.57 Å². The van der Waals surface area contributed by atoms with Crippen LogP contribution in [0.1, 0.15) is 24.2 Å². The Bertz CT molecular complexity index is 417. The predicted molar refractivity (Wildman–Crippen MR) is 71.3 cm³/mol. The second-order valence-corrected chi connectivity index (χ2v) is 4.56. The minimum absolute atomic E-state index is 0.305. The van der Waals surface area contributed by atoms with E-state index in [-0.39, 0.29) is 0 Å². The highest BCUT2D eigenvalue weighted by Gasteiger charge is 2.17. The molecule has 0 bridgehead atoms. The lowest BCUT2D eigenvalue weighted by Crippen LogP contribution is -2.26. The number of ether oxygens (including phenoxy) is 2. The van der Waals surface area contributed by atoms with Crippen LogP contribution in [-0.2, 0) is 9.53 Å². The van der Waals surface area contributed by atoms with Gasteiger partial charge in [-0.1, -0.05) is 0 Å². The van der Waals surface area contributed by atoms with Crippen LogP contribution in [0.15, 0.2) is 18.2 Å². The monoisotopic (exact) mass is 348 g/mol. The molecule has 0 saturated heterocycles. The molecule has 0 heterocycles. The van der Waals surface area contributed by atoms with E-state index in [1.165, 1.54) is 0 Å². The molecule has 0 spiro atoms. The van der Waals surface area contributed by atoms with Crippen molar-refractivity contribution in [3.05, 3.63) is 27.3 Å². The normalized spacial score (nSPS) is 11.7. The van der Waals surface area contributed by atoms with Crippen LogP contribution >= 0.6 is 22.6 Å². The van der Waals surface area contributed by atoms with E-state index in [1.54, 1.807) is 32.0 Å². The summed E-state index contributed by atoms with van der Waals surface area (Å²) in [7, 11) is 0. The molecule has 1 aromatic rings. The molecule has 0 N–H and O–H groups in total. The molecular formula is C12H13IO4. The maximum Gasteiger partial charge on any atom is 0.347 e. The second kappa shape index (κ2) is 6.58. The summed E-state index contributed by atoms with van der Waals surface area (Å²) < 4.78 is 11.1. The van der Waals surface area contributed by atoms with E-state index in [0.29, 0.717) is 24.2 Å². The van der Waals surface area contributed by atoms with Gasteiger partial charge in [0.25, 0.3) is 0 Å². The van der Waals surface area contributed by atoms with Gasteiger partial charge in [0.1, 0.15) is 5.75 Å². The average Bonchev–Trinajstić information content (AvgIpc) is 2.31. The summed E-state index contributed by atoms with van der Waals surface area (Å²) in [5.74, 6) is -0.0520. The van der Waals surface area contributed by atoms with Gasteiger partial charge in [-0.05, 0) is 54.6 Å². The number of aldehydes is 1. The Hall–Kier alpha value is -1.11. The third kappa shape index (κ3) is 3.99. The molecule has 1 unspecified atom stereocenters. The summed E-state index contributed by atoms with van der Waals surface area (Å²) in [5, 5.41) is 0. The number of esters is 1. The van der Waals surface area contributed by atoms with Crippen molar-refractivity contribution in [3.63, 3.8) is 0 Å². The highest BCUT2D eigenvalue weighted by atomic mass is 127. The fourth-order valence-electron chi connectivity index (χ4n) is 1.22. The molecule has 5 heteroatoms. The lowest BCUT2D eigenvalue weighted by molar-refractivity contribution is -0.150. The summed E-state index contributed by atoms with van der Waals surface area (Å²) in [4.78, 5) is 22.2. The van der Waals surface area contributed by atoms with Gasteiger partial charge in [-0.25, -0.2) is 4.79 Å². The van der Waals surface area contributed by atoms with E-state index >= 15 is 0 Å². The van der Waals surface area contributed by atoms with Crippen LogP contribution in [0.5, 0.6) is 5.75 Å². The van der Waals surface area contributed by atoms with Gasteiger partial charge in [-0.3, -0.25) is 4.79 Å². The van der Waals surface area contributed by atoms with E-state index in [4.69, 9.17) is 9.47 Å². The van der Waals surface area contributed by atoms with Gasteiger partial charge in [0.2, 0.25) is 0 Å². The van der Waals surface area contributed by atoms with Gasteiger partial charge >= 0.3 is 5.97 Å². The first-order valence-corrected chi connectivity index (χ1v) is 6.24. The lowest BCUT2D eigenvalue weighted by atomic mass is 10.2. The number of carbonyl (C=O) groups excluding carboxylic acids is 2. The van der Waals surface area contributed by atoms with Crippen LogP contribution in [0.4, 0.5) is 0 Å². The Kier molecular flexibility index (Phi) is 5.40. The van der Waals surface area contributed by atoms with E-state index in [2.05, 4.69) is 22.6 Å². The number of benzene rings is 1. The third-order valence-corrected chi connectivity index (χ3v) is 2.69. The standard InChI is InChI=1S/C12H13IO4/c1-3-16-12(15)8(2)17-11-5-4-10(13)6-9(11)7-14/h4-8H,3H2,1-2H3. The van der Waals surface area contributed by atoms with Crippen molar-refractivity contribution in [2.45, 2.75) is 20.0 Å². The minimum Gasteiger partial charge on any atom is -0.478 e. The first-order valence-electron chi connectivity index (χ1n) is 5.16. The SMILES string of the molecule is CCOC(=O)C(C)Oc1ccc(I)cc1C=O. The van der Waals surface area contributed by atoms with Crippen LogP contribution < -0.4 is 4.74 Å². The zero-order valence-corrected chi connectivity index (χ0v) is 11.8. The molecule has 1 aromatic carbocycles. The number of halogens is 1. The Morgan fingerprint density at radius 3 is 2.82 bits per heavy atom. The fraction of sp³-hybridized carbons (Fsp3) is 0.333. The molecule has 0 amide bonds. The van der Waals surface area contributed by atoms with E-state index in [9.17, 15) is 9.59 Å². The average molecular weight is 348 g/mol. The fourth-order valence-corrected chi connectivity index (χ4v) is 1.73. The molecule has 0 aliphatic rings. The predicted octanol–water partition coefficient (Wildman–Crippen LogP) is 2.43. The lowest BCUT2D eigenvalue weighted by Gasteiger charge is -2.14. The van der Waals surface area contributed by atoms with Crippen molar-refractivity contribution in [3.8, 4) is 5.75 Å². The minimum atomic E-state index is -0.728. The smallest absolute Gasteiger partial charge is 0.347 e. The number of carbonyl (C=O) groups is 2. The number of hydrogen-bond donors (Lipinski definition) is 0. The van der Waals surface area contributed by atoms with Crippen LogP contribution in [-0.4, -0.2) is 25.0 Å². The molecule has 17 heavy (non-hydrogen) atoms. The van der Waals surface area contributed by atoms with Crippen molar-refractivity contribution in [1.82, 2.24) is 0 Å². The first kappa shape index (κ1) is 14.0. The molecule has 0 aliphatic heterocycles. The van der Waals surface area contributed by atoms with Crippen molar-refractivity contribution in [2.75, 3.05) is 6.61 Å². The largest absolute Gasteiger partial charge is 0.478 e. The van der Waals surface area contributed by atoms with Crippen molar-refractivity contribution < 1.29 is 19.1 Å². The molecule has 92 valence electrons. The number of rotatable bonds is 5. The molecule has 0 fully saturated rings. The van der Waals surface area contributed by atoms with E-state index < -0.39 is 12.1 Å². The van der Waals surface area contributed by atoms with Crippen molar-refractivity contribution in [1.29, 1.82) is 0 Å². The molecule has 0 saturated carbocycles. The second-order valence-electron chi connectivity index (χ2n) is 3.31. The van der Waals surface area contributed by atoms with Crippen LogP contribution in [0, 0.1) is 3.57 Å². The summed E-state index contributed by atoms with van der Waals surface area (Å²) in [6, 6.07) is 5.17. The van der Waals surface area contributed by atoms with Gasteiger partial charge in [-0.2, -0.15) is 0 Å². The summed E-state index contributed by atoms with van der Waals surface area (Å²) in [5.41, 5.74) is 0.424. The summed E-state index contributed by atoms with van der Waals surface area (Å²) >= 11 is 2.10. The van der Waals surface area contributed by atoms with E-state index in [1.807, 2.05) is 0 Å². The Labute approximate surface area is 113 Å². The van der Waals surface area contributed by atoms with Crippen LogP contribution in [0.2, 0.25) is 0 Å². The summed E-state index contributed by atoms with van der Waals surface area (Å²) in [6.45, 7) is 3.62. The van der Waals surface area contributed by atoms with Crippen molar-refractivity contribution in [2.24, 2.45) is 0 Å². The zero-order valence-electron chi connectivity index (χ0n) is 9.60. The molecule has 0 radical (unpaired) electrons. The molecule has 0 aliphatic carbocycles. The molecule has 4 nitrogen and oxygen atoms in total. The van der Waals surface area contributed by atoms with Crippen molar-refractivity contribution >= 4 is 34.8 Å². The van der Waals surface area contributed by atoms with Gasteiger partial charge in [0.05, 0.1) is 12.2 Å². The molecule has 0 aromatic heterocycles.